The molecule has 2 aromatic rings. The van der Waals surface area contributed by atoms with E-state index in [4.69, 9.17) is 10.5 Å². The van der Waals surface area contributed by atoms with Crippen LogP contribution in [0.3, 0.4) is 0 Å². The molecule has 1 saturated heterocycles. The topological polar surface area (TPSA) is 220 Å². The number of methoxy groups -OCH3 is 1. The van der Waals surface area contributed by atoms with Crippen LogP contribution in [0.25, 0.3) is 16.9 Å². The quantitative estimate of drug-likeness (QED) is 0.180. The highest BCUT2D eigenvalue weighted by molar-refractivity contribution is 6.24. The van der Waals surface area contributed by atoms with E-state index < -0.39 is 58.0 Å². The highest BCUT2D eigenvalue weighted by Crippen LogP contribution is 2.53. The number of nitrogens with zero attached hydrogens (tertiary/aromatic N) is 2. The zero-order valence-electron chi connectivity index (χ0n) is 27.9. The lowest BCUT2D eigenvalue weighted by Crippen LogP contribution is -2.65. The van der Waals surface area contributed by atoms with Crippen molar-refractivity contribution in [2.75, 3.05) is 46.2 Å². The standard InChI is InChI=1S/C36H40N4O10/c1-39(2)29-23-15-19-14-22-21(17-4-6-20(7-5-17)38-25(42)16-40-12-10-18(11-13-40)35(48)50-3)8-9-24(41)27(22)30(43)26(19)32(45)36(23,49)33(46)28(31(29)44)34(37)47/h4-9,18-19,23,29,41,43,46,49H,10-16H2,1-3H3,(H2,37,47)(H,38,42)/t19-,23-,29-,36-/m0/s1. The van der Waals surface area contributed by atoms with Crippen molar-refractivity contribution in [1.82, 2.24) is 9.80 Å². The number of amides is 2. The molecule has 264 valence electrons. The van der Waals surface area contributed by atoms with E-state index in [9.17, 15) is 44.4 Å². The van der Waals surface area contributed by atoms with Crippen LogP contribution in [0.4, 0.5) is 5.69 Å². The molecule has 6 rings (SSSR count). The summed E-state index contributed by atoms with van der Waals surface area (Å²) in [5.74, 6) is -7.68. The number of Topliss-reactive ketones (excluding diaryl/α,β-unsaturated/α-hetero) is 2. The summed E-state index contributed by atoms with van der Waals surface area (Å²) in [6.07, 6.45) is 1.37. The van der Waals surface area contributed by atoms with Crippen molar-refractivity contribution in [3.63, 3.8) is 0 Å². The van der Waals surface area contributed by atoms with Crippen molar-refractivity contribution >= 4 is 40.8 Å². The number of ketones is 2. The van der Waals surface area contributed by atoms with Gasteiger partial charge in [0.2, 0.25) is 11.7 Å². The average Bonchev–Trinajstić information content (AvgIpc) is 3.06. The fourth-order valence-electron chi connectivity index (χ4n) is 8.14. The number of likely N-dealkylation sites (tertiary alicyclic amines) is 1. The normalized spacial score (nSPS) is 25.6. The zero-order chi connectivity index (χ0) is 36.2. The second kappa shape index (κ2) is 13.0. The first-order valence-electron chi connectivity index (χ1n) is 16.4. The molecule has 0 unspecified atom stereocenters. The maximum atomic E-state index is 14.1. The van der Waals surface area contributed by atoms with Crippen LogP contribution >= 0.6 is 0 Å². The van der Waals surface area contributed by atoms with Crippen molar-refractivity contribution in [2.24, 2.45) is 23.5 Å². The molecule has 4 atom stereocenters. The monoisotopic (exact) mass is 688 g/mol. The molecule has 7 N–H and O–H groups in total. The lowest BCUT2D eigenvalue weighted by molar-refractivity contribution is -0.153. The predicted octanol–water partition coefficient (Wildman–Crippen LogP) is 1.45. The molecule has 0 radical (unpaired) electrons. The predicted molar refractivity (Wildman–Crippen MR) is 179 cm³/mol. The number of nitrogens with one attached hydrogen (secondary N) is 1. The molecule has 0 aromatic heterocycles. The van der Waals surface area contributed by atoms with Crippen LogP contribution in [-0.2, 0) is 35.1 Å². The Labute approximate surface area is 287 Å². The van der Waals surface area contributed by atoms with E-state index in [1.54, 1.807) is 44.4 Å². The summed E-state index contributed by atoms with van der Waals surface area (Å²) < 4.78 is 4.83. The summed E-state index contributed by atoms with van der Waals surface area (Å²) in [4.78, 5) is 67.7. The number of aliphatic hydroxyl groups excluding tert-OH is 2. The molecular weight excluding hydrogens is 648 g/mol. The summed E-state index contributed by atoms with van der Waals surface area (Å²) in [5, 5.41) is 48.2. The lowest BCUT2D eigenvalue weighted by atomic mass is 9.57. The fraction of sp³-hybridized carbons (Fsp3) is 0.417. The van der Waals surface area contributed by atoms with E-state index in [1.165, 1.54) is 18.1 Å². The van der Waals surface area contributed by atoms with Gasteiger partial charge in [-0.15, -0.1) is 0 Å². The minimum atomic E-state index is -2.71. The maximum absolute atomic E-state index is 14.1. The van der Waals surface area contributed by atoms with Crippen LogP contribution in [0, 0.1) is 17.8 Å². The summed E-state index contributed by atoms with van der Waals surface area (Å²) in [6.45, 7) is 1.38. The first kappa shape index (κ1) is 34.8. The smallest absolute Gasteiger partial charge is 0.308 e. The van der Waals surface area contributed by atoms with Crippen molar-refractivity contribution in [3.8, 4) is 16.9 Å². The van der Waals surface area contributed by atoms with Gasteiger partial charge >= 0.3 is 5.97 Å². The van der Waals surface area contributed by atoms with E-state index in [-0.39, 0.29) is 54.1 Å². The van der Waals surface area contributed by atoms with Gasteiger partial charge in [-0.3, -0.25) is 33.8 Å². The minimum Gasteiger partial charge on any atom is -0.508 e. The molecule has 2 fully saturated rings. The molecule has 4 aliphatic rings. The van der Waals surface area contributed by atoms with Crippen molar-refractivity contribution in [1.29, 1.82) is 0 Å². The Morgan fingerprint density at radius 2 is 1.70 bits per heavy atom. The number of phenols is 1. The molecule has 2 amide bonds. The number of phenolic OH excluding ortho intramolecular Hbond substituents is 1. The number of aromatic hydroxyl groups is 1. The van der Waals surface area contributed by atoms with Crippen LogP contribution in [-0.4, -0.2) is 112 Å². The van der Waals surface area contributed by atoms with Gasteiger partial charge in [0.15, 0.2) is 11.4 Å². The molecule has 1 heterocycles. The van der Waals surface area contributed by atoms with Crippen LogP contribution in [0.5, 0.6) is 5.75 Å². The Bertz CT molecular complexity index is 1860. The zero-order valence-corrected chi connectivity index (χ0v) is 27.9. The van der Waals surface area contributed by atoms with E-state index in [1.807, 2.05) is 4.90 Å². The Morgan fingerprint density at radius 1 is 1.04 bits per heavy atom. The van der Waals surface area contributed by atoms with Gasteiger partial charge in [-0.05, 0) is 93.7 Å². The first-order chi connectivity index (χ1) is 23.7. The van der Waals surface area contributed by atoms with Gasteiger partial charge in [-0.1, -0.05) is 18.2 Å². The third kappa shape index (κ3) is 5.62. The van der Waals surface area contributed by atoms with Crippen LogP contribution < -0.4 is 11.1 Å². The molecule has 3 aliphatic carbocycles. The molecule has 50 heavy (non-hydrogen) atoms. The number of benzene rings is 2. The number of anilines is 1. The first-order valence-corrected chi connectivity index (χ1v) is 16.4. The van der Waals surface area contributed by atoms with Crippen molar-refractivity contribution in [2.45, 2.75) is 37.3 Å². The number of carbonyl (C=O) groups excluding carboxylic acids is 5. The Morgan fingerprint density at radius 3 is 2.30 bits per heavy atom. The average molecular weight is 689 g/mol. The number of rotatable bonds is 7. The number of hydrogen-bond donors (Lipinski definition) is 6. The van der Waals surface area contributed by atoms with Crippen LogP contribution in [0.15, 0.2) is 53.3 Å². The van der Waals surface area contributed by atoms with Crippen molar-refractivity contribution < 1.29 is 49.1 Å². The SMILES string of the molecule is COC(=O)C1CCN(CC(=O)Nc2ccc(-c3ccc(O)c4c3C[C@H]3C[C@H]5[C@H](N(C)C)C(=O)C(C(N)=O)=C(O)[C@@]5(O)C(=O)C3=C4O)cc2)CC1. The largest absolute Gasteiger partial charge is 0.508 e. The van der Waals surface area contributed by atoms with Crippen LogP contribution in [0.1, 0.15) is 30.4 Å². The van der Waals surface area contributed by atoms with Gasteiger partial charge in [0.25, 0.3) is 5.91 Å². The van der Waals surface area contributed by atoms with Crippen LogP contribution in [0.2, 0.25) is 0 Å². The van der Waals surface area contributed by atoms with Gasteiger partial charge < -0.3 is 36.2 Å². The number of likely N-dealkylation sites (N-methyl/N-ethyl adjacent to an activating group) is 1. The molecule has 0 bridgehead atoms. The van der Waals surface area contributed by atoms with Gasteiger partial charge in [-0.2, -0.15) is 0 Å². The second-order valence-electron chi connectivity index (χ2n) is 13.6. The molecule has 0 spiro atoms. The fourth-order valence-corrected chi connectivity index (χ4v) is 8.14. The summed E-state index contributed by atoms with van der Waals surface area (Å²) >= 11 is 0. The summed E-state index contributed by atoms with van der Waals surface area (Å²) in [5.41, 5.74) is 4.01. The third-order valence-electron chi connectivity index (χ3n) is 10.6. The Balaban J connectivity index is 1.27. The number of aliphatic hydroxyl groups is 3. The van der Waals surface area contributed by atoms with Gasteiger partial charge in [0.1, 0.15) is 22.8 Å². The highest BCUT2D eigenvalue weighted by Gasteiger charge is 2.64. The maximum Gasteiger partial charge on any atom is 0.308 e. The number of primary amides is 1. The molecule has 1 aliphatic heterocycles. The van der Waals surface area contributed by atoms with E-state index in [0.717, 1.165) is 0 Å². The van der Waals surface area contributed by atoms with Gasteiger partial charge in [-0.25, -0.2) is 0 Å². The summed E-state index contributed by atoms with van der Waals surface area (Å²) in [7, 11) is 4.46. The van der Waals surface area contributed by atoms with Gasteiger partial charge in [0.05, 0.1) is 31.2 Å². The van der Waals surface area contributed by atoms with E-state index >= 15 is 0 Å². The molecule has 14 nitrogen and oxygen atoms in total. The van der Waals surface area contributed by atoms with E-state index in [0.29, 0.717) is 48.3 Å². The number of carbonyl (C=O) groups is 5. The number of piperidine rings is 1. The molecule has 1 saturated carbocycles. The highest BCUT2D eigenvalue weighted by atomic mass is 16.5. The lowest BCUT2D eigenvalue weighted by Gasteiger charge is -2.50. The second-order valence-corrected chi connectivity index (χ2v) is 13.6. The number of nitrogens with two attached hydrogens (primary N) is 1. The third-order valence-corrected chi connectivity index (χ3v) is 10.6. The minimum absolute atomic E-state index is 0.00728. The number of fused-ring (bicyclic) bond motifs is 3. The van der Waals surface area contributed by atoms with E-state index in [2.05, 4.69) is 5.32 Å². The number of ether oxygens (including phenoxy) is 1. The Hall–Kier alpha value is -5.05. The summed E-state index contributed by atoms with van der Waals surface area (Å²) in [6, 6.07) is 8.89. The Kier molecular flexibility index (Phi) is 9.05. The number of hydrogen-bond acceptors (Lipinski definition) is 12. The molecule has 14 heteroatoms. The van der Waals surface area contributed by atoms with Crippen molar-refractivity contribution in [3.05, 3.63) is 64.4 Å². The molecular formula is C36H40N4O10. The van der Waals surface area contributed by atoms with Gasteiger partial charge in [0, 0.05) is 17.2 Å². The number of esters is 1. The molecule has 2 aromatic carbocycles.